The number of rotatable bonds is 7. The molecule has 1 atom stereocenters. The summed E-state index contributed by atoms with van der Waals surface area (Å²) in [5.41, 5.74) is 6.81. The minimum atomic E-state index is 0.275. The molecule has 1 amide bonds. The van der Waals surface area contributed by atoms with E-state index in [0.717, 1.165) is 43.1 Å². The summed E-state index contributed by atoms with van der Waals surface area (Å²) < 4.78 is 2.00. The normalized spacial score (nSPS) is 16.4. The summed E-state index contributed by atoms with van der Waals surface area (Å²) in [7, 11) is 0. The number of benzene rings is 2. The molecule has 1 fully saturated rings. The fraction of sp³-hybridized carbons (Fsp3) is 0.360. The number of aromatic nitrogens is 2. The molecule has 0 aliphatic carbocycles. The number of nitrogens with zero attached hydrogens (tertiary/aromatic N) is 3. The molecule has 0 saturated carbocycles. The van der Waals surface area contributed by atoms with Crippen molar-refractivity contribution >= 4 is 5.91 Å². The van der Waals surface area contributed by atoms with Crippen molar-refractivity contribution in [3.05, 3.63) is 71.4 Å². The molecule has 0 unspecified atom stereocenters. The van der Waals surface area contributed by atoms with E-state index in [-0.39, 0.29) is 5.91 Å². The van der Waals surface area contributed by atoms with Gasteiger partial charge in [-0.05, 0) is 43.9 Å². The summed E-state index contributed by atoms with van der Waals surface area (Å²) in [4.78, 5) is 13.9. The standard InChI is InChI=1S/C25H30N4O/c1-4-28-16-20(13-24(28)30)14-26-15-22-17-29(23-12-18(2)10-11-19(23)3)27-25(22)21-8-6-5-7-9-21/h5-12,17,20,26H,4,13-16H2,1-3H3/t20-/m0/s1. The smallest absolute Gasteiger partial charge is 0.222 e. The second-order valence-corrected chi connectivity index (χ2v) is 8.24. The summed E-state index contributed by atoms with van der Waals surface area (Å²) >= 11 is 0. The van der Waals surface area contributed by atoms with Crippen molar-refractivity contribution in [3.8, 4) is 16.9 Å². The van der Waals surface area contributed by atoms with Crippen LogP contribution in [0.15, 0.2) is 54.7 Å². The van der Waals surface area contributed by atoms with E-state index in [0.29, 0.717) is 12.3 Å². The zero-order valence-corrected chi connectivity index (χ0v) is 18.1. The maximum absolute atomic E-state index is 12.0. The van der Waals surface area contributed by atoms with Gasteiger partial charge in [0.15, 0.2) is 0 Å². The van der Waals surface area contributed by atoms with E-state index in [4.69, 9.17) is 5.10 Å². The number of carbonyl (C=O) groups excluding carboxylic acids is 1. The van der Waals surface area contributed by atoms with Crippen molar-refractivity contribution in [3.63, 3.8) is 0 Å². The monoisotopic (exact) mass is 402 g/mol. The van der Waals surface area contributed by atoms with Gasteiger partial charge in [0.2, 0.25) is 5.91 Å². The van der Waals surface area contributed by atoms with Crippen LogP contribution in [0.2, 0.25) is 0 Å². The van der Waals surface area contributed by atoms with Crippen molar-refractivity contribution in [2.24, 2.45) is 5.92 Å². The lowest BCUT2D eigenvalue weighted by molar-refractivity contribution is -0.127. The lowest BCUT2D eigenvalue weighted by Gasteiger charge is -2.14. The highest BCUT2D eigenvalue weighted by Crippen LogP contribution is 2.25. The van der Waals surface area contributed by atoms with Crippen LogP contribution >= 0.6 is 0 Å². The Morgan fingerprint density at radius 1 is 1.13 bits per heavy atom. The van der Waals surface area contributed by atoms with E-state index in [1.54, 1.807) is 0 Å². The summed E-state index contributed by atoms with van der Waals surface area (Å²) in [6.45, 7) is 9.49. The molecule has 1 N–H and O–H groups in total. The number of hydrogen-bond donors (Lipinski definition) is 1. The second kappa shape index (κ2) is 8.84. The van der Waals surface area contributed by atoms with Crippen LogP contribution in [0.4, 0.5) is 0 Å². The first-order chi connectivity index (χ1) is 14.5. The van der Waals surface area contributed by atoms with Gasteiger partial charge in [0.05, 0.1) is 11.4 Å². The second-order valence-electron chi connectivity index (χ2n) is 8.24. The van der Waals surface area contributed by atoms with Gasteiger partial charge in [-0.2, -0.15) is 5.10 Å². The van der Waals surface area contributed by atoms with E-state index in [9.17, 15) is 4.79 Å². The van der Waals surface area contributed by atoms with Crippen LogP contribution in [-0.2, 0) is 11.3 Å². The average molecular weight is 403 g/mol. The highest BCUT2D eigenvalue weighted by molar-refractivity contribution is 5.78. The third kappa shape index (κ3) is 4.31. The van der Waals surface area contributed by atoms with Gasteiger partial charge in [-0.3, -0.25) is 4.79 Å². The molecular formula is C25H30N4O. The number of amides is 1. The first kappa shape index (κ1) is 20.4. The maximum atomic E-state index is 12.0. The van der Waals surface area contributed by atoms with Gasteiger partial charge < -0.3 is 10.2 Å². The van der Waals surface area contributed by atoms with Crippen LogP contribution < -0.4 is 5.32 Å². The number of carbonyl (C=O) groups is 1. The zero-order chi connectivity index (χ0) is 21.1. The maximum Gasteiger partial charge on any atom is 0.222 e. The minimum Gasteiger partial charge on any atom is -0.343 e. The average Bonchev–Trinajstić information content (AvgIpc) is 3.33. The van der Waals surface area contributed by atoms with Gasteiger partial charge in [0.1, 0.15) is 0 Å². The van der Waals surface area contributed by atoms with Crippen LogP contribution in [0.1, 0.15) is 30.0 Å². The Bertz CT molecular complexity index is 1020. The quantitative estimate of drug-likeness (QED) is 0.647. The lowest BCUT2D eigenvalue weighted by atomic mass is 10.1. The SMILES string of the molecule is CCN1C[C@H](CNCc2cn(-c3cc(C)ccc3C)nc2-c2ccccc2)CC1=O. The molecule has 0 spiro atoms. The highest BCUT2D eigenvalue weighted by Gasteiger charge is 2.27. The predicted molar refractivity (Wildman–Crippen MR) is 121 cm³/mol. The molecule has 1 aliphatic rings. The first-order valence-corrected chi connectivity index (χ1v) is 10.7. The Balaban J connectivity index is 1.56. The fourth-order valence-electron chi connectivity index (χ4n) is 4.17. The van der Waals surface area contributed by atoms with Crippen LogP contribution in [0.5, 0.6) is 0 Å². The van der Waals surface area contributed by atoms with Crippen LogP contribution in [0, 0.1) is 19.8 Å². The van der Waals surface area contributed by atoms with Crippen LogP contribution in [-0.4, -0.2) is 40.2 Å². The number of aryl methyl sites for hydroxylation is 2. The van der Waals surface area contributed by atoms with Gasteiger partial charge in [0.25, 0.3) is 0 Å². The zero-order valence-electron chi connectivity index (χ0n) is 18.1. The van der Waals surface area contributed by atoms with E-state index in [1.807, 2.05) is 34.7 Å². The minimum absolute atomic E-state index is 0.275. The molecule has 3 aromatic rings. The Kier molecular flexibility index (Phi) is 6.00. The molecule has 4 rings (SSSR count). The Labute approximate surface area is 178 Å². The lowest BCUT2D eigenvalue weighted by Crippen LogP contribution is -2.27. The Morgan fingerprint density at radius 3 is 2.67 bits per heavy atom. The van der Waals surface area contributed by atoms with Crippen LogP contribution in [0.3, 0.4) is 0 Å². The molecule has 1 aliphatic heterocycles. The van der Waals surface area contributed by atoms with Gasteiger partial charge in [-0.15, -0.1) is 0 Å². The van der Waals surface area contributed by atoms with Gasteiger partial charge in [0, 0.05) is 49.9 Å². The summed E-state index contributed by atoms with van der Waals surface area (Å²) in [6.07, 6.45) is 2.78. The molecule has 1 saturated heterocycles. The van der Waals surface area contributed by atoms with Crippen molar-refractivity contribution in [1.82, 2.24) is 20.0 Å². The van der Waals surface area contributed by atoms with Crippen LogP contribution in [0.25, 0.3) is 16.9 Å². The molecule has 0 radical (unpaired) electrons. The highest BCUT2D eigenvalue weighted by atomic mass is 16.2. The molecule has 2 heterocycles. The molecule has 156 valence electrons. The molecule has 0 bridgehead atoms. The molecule has 2 aromatic carbocycles. The molecule has 5 nitrogen and oxygen atoms in total. The summed E-state index contributed by atoms with van der Waals surface area (Å²) in [6, 6.07) is 16.8. The number of hydrogen-bond acceptors (Lipinski definition) is 3. The van der Waals surface area contributed by atoms with Gasteiger partial charge in [-0.1, -0.05) is 42.5 Å². The summed E-state index contributed by atoms with van der Waals surface area (Å²) in [5, 5.41) is 8.53. The number of nitrogens with one attached hydrogen (secondary N) is 1. The third-order valence-corrected chi connectivity index (χ3v) is 5.87. The fourth-order valence-corrected chi connectivity index (χ4v) is 4.17. The van der Waals surface area contributed by atoms with Crippen molar-refractivity contribution in [1.29, 1.82) is 0 Å². The Morgan fingerprint density at radius 2 is 1.93 bits per heavy atom. The third-order valence-electron chi connectivity index (χ3n) is 5.87. The van der Waals surface area contributed by atoms with E-state index in [1.165, 1.54) is 16.7 Å². The van der Waals surface area contributed by atoms with E-state index in [2.05, 4.69) is 55.7 Å². The molecule has 5 heteroatoms. The van der Waals surface area contributed by atoms with E-state index >= 15 is 0 Å². The Hall–Kier alpha value is -2.92. The van der Waals surface area contributed by atoms with Crippen molar-refractivity contribution in [2.45, 2.75) is 33.7 Å². The topological polar surface area (TPSA) is 50.2 Å². The molecule has 1 aromatic heterocycles. The van der Waals surface area contributed by atoms with Gasteiger partial charge >= 0.3 is 0 Å². The molecular weight excluding hydrogens is 372 g/mol. The van der Waals surface area contributed by atoms with Crippen molar-refractivity contribution in [2.75, 3.05) is 19.6 Å². The number of likely N-dealkylation sites (tertiary alicyclic amines) is 1. The van der Waals surface area contributed by atoms with Gasteiger partial charge in [-0.25, -0.2) is 4.68 Å². The molecule has 30 heavy (non-hydrogen) atoms. The summed E-state index contributed by atoms with van der Waals surface area (Å²) in [5.74, 6) is 0.656. The largest absolute Gasteiger partial charge is 0.343 e. The van der Waals surface area contributed by atoms with Crippen molar-refractivity contribution < 1.29 is 4.79 Å². The predicted octanol–water partition coefficient (Wildman–Crippen LogP) is 4.11. The van der Waals surface area contributed by atoms with E-state index < -0.39 is 0 Å². The first-order valence-electron chi connectivity index (χ1n) is 10.7.